The molecule has 0 aliphatic rings. The van der Waals surface area contributed by atoms with Crippen LogP contribution in [-0.2, 0) is 0 Å². The number of aromatic nitrogens is 3. The molecule has 4 nitrogen and oxygen atoms in total. The van der Waals surface area contributed by atoms with E-state index in [-0.39, 0.29) is 0 Å². The van der Waals surface area contributed by atoms with Gasteiger partial charge in [-0.2, -0.15) is 0 Å². The van der Waals surface area contributed by atoms with Crippen molar-refractivity contribution in [3.63, 3.8) is 0 Å². The van der Waals surface area contributed by atoms with E-state index in [1.54, 1.807) is 0 Å². The minimum atomic E-state index is 0.995. The Morgan fingerprint density at radius 3 is 1.30 bits per heavy atom. The summed E-state index contributed by atoms with van der Waals surface area (Å²) in [7, 11) is 0. The lowest BCUT2D eigenvalue weighted by Gasteiger charge is -2.25. The molecule has 14 aromatic rings. The maximum absolute atomic E-state index is 5.06. The van der Waals surface area contributed by atoms with Gasteiger partial charge in [0.05, 0.1) is 38.8 Å². The predicted octanol–water partition coefficient (Wildman–Crippen LogP) is 18.1. The molecule has 0 radical (unpaired) electrons. The largest absolute Gasteiger partial charge is 0.311 e. The van der Waals surface area contributed by atoms with E-state index in [1.807, 2.05) is 0 Å². The highest BCUT2D eigenvalue weighted by Crippen LogP contribution is 2.43. The average Bonchev–Trinajstić information content (AvgIpc) is 3.95. The highest BCUT2D eigenvalue weighted by Gasteiger charge is 2.21. The highest BCUT2D eigenvalue weighted by atomic mass is 15.1. The molecule has 0 amide bonds. The van der Waals surface area contributed by atoms with E-state index in [1.165, 1.54) is 71.4 Å². The lowest BCUT2D eigenvalue weighted by atomic mass is 9.92. The molecule has 0 saturated heterocycles. The predicted molar refractivity (Wildman–Crippen MR) is 299 cm³/mol. The molecule has 0 unspecified atom stereocenters. The summed E-state index contributed by atoms with van der Waals surface area (Å²) in [5, 5.41) is 7.18. The maximum Gasteiger partial charge on any atom is 0.0715 e. The van der Waals surface area contributed by atoms with Gasteiger partial charge in [0.15, 0.2) is 0 Å². The first-order valence-electron chi connectivity index (χ1n) is 24.3. The summed E-state index contributed by atoms with van der Waals surface area (Å²) < 4.78 is 4.87. The summed E-state index contributed by atoms with van der Waals surface area (Å²) >= 11 is 0. The summed E-state index contributed by atoms with van der Waals surface area (Å²) in [5.41, 5.74) is 19.3. The average molecular weight is 905 g/mol. The Bertz CT molecular complexity index is 4230. The van der Waals surface area contributed by atoms with Crippen molar-refractivity contribution in [1.82, 2.24) is 14.1 Å². The van der Waals surface area contributed by atoms with E-state index in [4.69, 9.17) is 4.98 Å². The number of para-hydroxylation sites is 6. The quantitative estimate of drug-likeness (QED) is 0.142. The molecule has 11 aromatic carbocycles. The van der Waals surface area contributed by atoms with Gasteiger partial charge in [0.1, 0.15) is 0 Å². The van der Waals surface area contributed by atoms with Gasteiger partial charge in [-0.15, -0.1) is 0 Å². The van der Waals surface area contributed by atoms with Crippen molar-refractivity contribution in [2.24, 2.45) is 0 Å². The Kier molecular flexibility index (Phi) is 9.49. The van der Waals surface area contributed by atoms with Gasteiger partial charge in [0.25, 0.3) is 0 Å². The fraction of sp³-hybridized carbons (Fsp3) is 0. The van der Waals surface area contributed by atoms with Crippen LogP contribution in [0.4, 0.5) is 17.1 Å². The first kappa shape index (κ1) is 40.5. The number of anilines is 3. The van der Waals surface area contributed by atoms with Crippen LogP contribution in [0.1, 0.15) is 0 Å². The lowest BCUT2D eigenvalue weighted by Crippen LogP contribution is -2.09. The van der Waals surface area contributed by atoms with Crippen LogP contribution in [0.3, 0.4) is 0 Å². The van der Waals surface area contributed by atoms with Gasteiger partial charge >= 0.3 is 0 Å². The van der Waals surface area contributed by atoms with Crippen LogP contribution in [0.25, 0.3) is 110 Å². The second-order valence-electron chi connectivity index (χ2n) is 18.3. The molecule has 332 valence electrons. The molecule has 0 fully saturated rings. The second-order valence-corrected chi connectivity index (χ2v) is 18.3. The Labute approximate surface area is 411 Å². The fourth-order valence-electron chi connectivity index (χ4n) is 11.1. The topological polar surface area (TPSA) is 26.0 Å². The molecule has 0 spiro atoms. The summed E-state index contributed by atoms with van der Waals surface area (Å²) in [6, 6.07) is 96.6. The first-order valence-corrected chi connectivity index (χ1v) is 24.3. The Morgan fingerprint density at radius 2 is 0.718 bits per heavy atom. The molecule has 3 aromatic heterocycles. The molecule has 0 atom stereocenters. The number of nitrogens with zero attached hydrogens (tertiary/aromatic N) is 4. The third-order valence-corrected chi connectivity index (χ3v) is 14.3. The molecule has 4 heteroatoms. The van der Waals surface area contributed by atoms with Crippen LogP contribution in [0.5, 0.6) is 0 Å². The van der Waals surface area contributed by atoms with Gasteiger partial charge in [-0.1, -0.05) is 158 Å². The molecular weight excluding hydrogens is 861 g/mol. The second kappa shape index (κ2) is 16.6. The molecule has 0 aliphatic carbocycles. The van der Waals surface area contributed by atoms with Crippen molar-refractivity contribution >= 4 is 82.5 Å². The van der Waals surface area contributed by atoms with Gasteiger partial charge < -0.3 is 14.0 Å². The van der Waals surface area contributed by atoms with Crippen LogP contribution in [0.15, 0.2) is 267 Å². The standard InChI is InChI=1S/C67H44N4/c1-4-18-45(19-5-1)57-44-48(67-55-26-10-14-28-60(55)68-61-29-15-11-27-56(61)67)34-41-64(57)71-63-31-17-13-25-54(63)59-43-47(33-40-66(59)71)46-32-39-65-58(42-46)53-24-12-16-30-62(53)70(65)52-37-35-51(36-38-52)69(49-20-6-2-7-21-49)50-22-8-3-9-23-50/h1-44H. The zero-order valence-corrected chi connectivity index (χ0v) is 38.7. The number of rotatable bonds is 8. The molecule has 0 aliphatic heterocycles. The van der Waals surface area contributed by atoms with E-state index in [0.717, 1.165) is 55.8 Å². The summed E-state index contributed by atoms with van der Waals surface area (Å²) in [6.07, 6.45) is 0. The summed E-state index contributed by atoms with van der Waals surface area (Å²) in [5.74, 6) is 0. The number of hydrogen-bond acceptors (Lipinski definition) is 2. The van der Waals surface area contributed by atoms with Gasteiger partial charge in [-0.05, 0) is 131 Å². The summed E-state index contributed by atoms with van der Waals surface area (Å²) in [6.45, 7) is 0. The van der Waals surface area contributed by atoms with Crippen molar-refractivity contribution < 1.29 is 0 Å². The fourth-order valence-corrected chi connectivity index (χ4v) is 11.1. The van der Waals surface area contributed by atoms with Crippen LogP contribution in [0, 0.1) is 0 Å². The molecule has 14 rings (SSSR count). The van der Waals surface area contributed by atoms with Gasteiger partial charge in [-0.3, -0.25) is 0 Å². The monoisotopic (exact) mass is 904 g/mol. The van der Waals surface area contributed by atoms with Crippen LogP contribution in [0.2, 0.25) is 0 Å². The zero-order chi connectivity index (χ0) is 46.8. The zero-order valence-electron chi connectivity index (χ0n) is 38.7. The van der Waals surface area contributed by atoms with E-state index in [9.17, 15) is 0 Å². The van der Waals surface area contributed by atoms with Crippen molar-refractivity contribution in [3.8, 4) is 44.8 Å². The Hall–Kier alpha value is -9.51. The first-order chi connectivity index (χ1) is 35.2. The lowest BCUT2D eigenvalue weighted by molar-refractivity contribution is 1.17. The number of benzene rings is 11. The SMILES string of the molecule is c1ccc(-c2cc(-c3c4ccccc4nc4ccccc34)ccc2-n2c3ccccc3c3cc(-c4ccc5c(c4)c4ccccc4n5-c4ccc(N(c5ccccc5)c5ccccc5)cc4)ccc32)cc1. The van der Waals surface area contributed by atoms with Crippen LogP contribution < -0.4 is 4.90 Å². The van der Waals surface area contributed by atoms with Crippen molar-refractivity contribution in [3.05, 3.63) is 267 Å². The molecular formula is C67H44N4. The molecule has 71 heavy (non-hydrogen) atoms. The summed E-state index contributed by atoms with van der Waals surface area (Å²) in [4.78, 5) is 7.37. The third-order valence-electron chi connectivity index (χ3n) is 14.3. The van der Waals surface area contributed by atoms with Crippen molar-refractivity contribution in [2.45, 2.75) is 0 Å². The molecule has 0 bridgehead atoms. The number of pyridine rings is 1. The van der Waals surface area contributed by atoms with E-state index >= 15 is 0 Å². The van der Waals surface area contributed by atoms with E-state index in [0.29, 0.717) is 0 Å². The number of fused-ring (bicyclic) bond motifs is 8. The Balaban J connectivity index is 0.893. The minimum Gasteiger partial charge on any atom is -0.311 e. The van der Waals surface area contributed by atoms with E-state index in [2.05, 4.69) is 281 Å². The van der Waals surface area contributed by atoms with Gasteiger partial charge in [0.2, 0.25) is 0 Å². The van der Waals surface area contributed by atoms with Crippen molar-refractivity contribution in [1.29, 1.82) is 0 Å². The Morgan fingerprint density at radius 1 is 0.282 bits per heavy atom. The van der Waals surface area contributed by atoms with Gasteiger partial charge in [-0.25, -0.2) is 4.98 Å². The maximum atomic E-state index is 5.06. The highest BCUT2D eigenvalue weighted by molar-refractivity contribution is 6.14. The van der Waals surface area contributed by atoms with Crippen LogP contribution >= 0.6 is 0 Å². The molecule has 3 heterocycles. The normalized spacial score (nSPS) is 11.7. The third kappa shape index (κ3) is 6.72. The molecule has 0 saturated carbocycles. The van der Waals surface area contributed by atoms with E-state index < -0.39 is 0 Å². The van der Waals surface area contributed by atoms with Crippen molar-refractivity contribution in [2.75, 3.05) is 4.90 Å². The minimum absolute atomic E-state index is 0.995. The van der Waals surface area contributed by atoms with Gasteiger partial charge in [0, 0.05) is 66.2 Å². The smallest absolute Gasteiger partial charge is 0.0715 e. The molecule has 0 N–H and O–H groups in total. The number of hydrogen-bond donors (Lipinski definition) is 0. The van der Waals surface area contributed by atoms with Crippen LogP contribution in [-0.4, -0.2) is 14.1 Å².